The van der Waals surface area contributed by atoms with Crippen molar-refractivity contribution in [2.24, 2.45) is 0 Å². The average molecular weight is 346 g/mol. The fourth-order valence-electron chi connectivity index (χ4n) is 2.02. The van der Waals surface area contributed by atoms with E-state index < -0.39 is 0 Å². The van der Waals surface area contributed by atoms with Crippen LogP contribution in [-0.2, 0) is 14.2 Å². The van der Waals surface area contributed by atoms with Gasteiger partial charge in [-0.15, -0.1) is 0 Å². The van der Waals surface area contributed by atoms with Crippen LogP contribution in [0.5, 0.6) is 0 Å². The number of ether oxygens (including phenoxy) is 3. The van der Waals surface area contributed by atoms with Gasteiger partial charge in [0.25, 0.3) is 0 Å². The van der Waals surface area contributed by atoms with Crippen LogP contribution in [0.3, 0.4) is 0 Å². The number of rotatable bonds is 7. The Bertz CT molecular complexity index is 381. The Labute approximate surface area is 127 Å². The molecule has 1 aliphatic rings. The van der Waals surface area contributed by atoms with Crippen molar-refractivity contribution < 1.29 is 19.3 Å². The molecule has 5 nitrogen and oxygen atoms in total. The number of aliphatic hydroxyl groups is 1. The largest absolute Gasteiger partial charge is 0.394 e. The normalized spacial score (nSPS) is 20.6. The Hall–Kier alpha value is -0.660. The third kappa shape index (κ3) is 5.03. The van der Waals surface area contributed by atoms with Crippen molar-refractivity contribution in [1.82, 2.24) is 0 Å². The average Bonchev–Trinajstić information content (AvgIpc) is 2.49. The lowest BCUT2D eigenvalue weighted by molar-refractivity contribution is -0.102. The zero-order valence-corrected chi connectivity index (χ0v) is 12.8. The summed E-state index contributed by atoms with van der Waals surface area (Å²) in [4.78, 5) is 0. The summed E-state index contributed by atoms with van der Waals surface area (Å²) >= 11 is 3.41. The molecule has 0 spiro atoms. The van der Waals surface area contributed by atoms with Crippen molar-refractivity contribution in [3.63, 3.8) is 0 Å². The van der Waals surface area contributed by atoms with Gasteiger partial charge in [0.1, 0.15) is 6.10 Å². The van der Waals surface area contributed by atoms with E-state index in [1.54, 1.807) is 0 Å². The van der Waals surface area contributed by atoms with Crippen LogP contribution >= 0.6 is 15.9 Å². The molecule has 0 aromatic heterocycles. The molecule has 0 saturated carbocycles. The van der Waals surface area contributed by atoms with Crippen LogP contribution in [0.15, 0.2) is 28.7 Å². The molecule has 1 heterocycles. The van der Waals surface area contributed by atoms with Gasteiger partial charge >= 0.3 is 0 Å². The van der Waals surface area contributed by atoms with E-state index in [-0.39, 0.29) is 18.8 Å². The molecule has 0 amide bonds. The molecule has 112 valence electrons. The lowest BCUT2D eigenvalue weighted by Gasteiger charge is -2.31. The smallest absolute Gasteiger partial charge is 0.103 e. The number of nitrogens with one attached hydrogen (secondary N) is 1. The third-order valence-corrected chi connectivity index (χ3v) is 3.55. The fraction of sp³-hybridized carbons (Fsp3) is 0.571. The van der Waals surface area contributed by atoms with E-state index in [1.807, 2.05) is 24.3 Å². The van der Waals surface area contributed by atoms with Crippen molar-refractivity contribution >= 4 is 21.6 Å². The predicted molar refractivity (Wildman–Crippen MR) is 80.0 cm³/mol. The Morgan fingerprint density at radius 2 is 2.15 bits per heavy atom. The lowest BCUT2D eigenvalue weighted by atomic mass is 10.1. The summed E-state index contributed by atoms with van der Waals surface area (Å²) in [5, 5.41) is 12.2. The maximum atomic E-state index is 8.80. The number of aliphatic hydroxyl groups excluding tert-OH is 1. The predicted octanol–water partition coefficient (Wildman–Crippen LogP) is 1.65. The van der Waals surface area contributed by atoms with Crippen molar-refractivity contribution in [2.45, 2.75) is 12.1 Å². The summed E-state index contributed by atoms with van der Waals surface area (Å²) in [6.07, 6.45) is -0.0499. The SMILES string of the molecule is OCCOCC(Nc1ccc(Br)cc1)C1COCCO1. The minimum absolute atomic E-state index is 0.0111. The first kappa shape index (κ1) is 15.7. The molecule has 0 aliphatic carbocycles. The molecule has 1 aromatic carbocycles. The Balaban J connectivity index is 1.95. The molecule has 0 radical (unpaired) electrons. The first-order chi connectivity index (χ1) is 9.79. The van der Waals surface area contributed by atoms with Gasteiger partial charge in [-0.25, -0.2) is 0 Å². The molecule has 20 heavy (non-hydrogen) atoms. The Morgan fingerprint density at radius 1 is 1.35 bits per heavy atom. The maximum absolute atomic E-state index is 8.80. The Morgan fingerprint density at radius 3 is 2.80 bits per heavy atom. The standard InChI is InChI=1S/C14H20BrNO4/c15-11-1-3-12(4-2-11)16-13(9-18-6-5-17)14-10-19-7-8-20-14/h1-4,13-14,16-17H,5-10H2. The molecule has 2 rings (SSSR count). The second-order valence-electron chi connectivity index (χ2n) is 4.54. The topological polar surface area (TPSA) is 60.0 Å². The number of benzene rings is 1. The van der Waals surface area contributed by atoms with E-state index in [9.17, 15) is 0 Å². The van der Waals surface area contributed by atoms with Gasteiger partial charge in [-0.3, -0.25) is 0 Å². The van der Waals surface area contributed by atoms with Crippen molar-refractivity contribution in [1.29, 1.82) is 0 Å². The van der Waals surface area contributed by atoms with Gasteiger partial charge in [0, 0.05) is 10.2 Å². The molecule has 2 N–H and O–H groups in total. The van der Waals surface area contributed by atoms with Crippen LogP contribution in [0.2, 0.25) is 0 Å². The van der Waals surface area contributed by atoms with Crippen LogP contribution in [-0.4, -0.2) is 56.9 Å². The number of hydrogen-bond donors (Lipinski definition) is 2. The van der Waals surface area contributed by atoms with Gasteiger partial charge < -0.3 is 24.6 Å². The van der Waals surface area contributed by atoms with Gasteiger partial charge in [-0.05, 0) is 24.3 Å². The molecule has 1 aliphatic heterocycles. The minimum Gasteiger partial charge on any atom is -0.394 e. The summed E-state index contributed by atoms with van der Waals surface area (Å²) in [6.45, 7) is 2.60. The van der Waals surface area contributed by atoms with Crippen LogP contribution in [0.25, 0.3) is 0 Å². The number of hydrogen-bond acceptors (Lipinski definition) is 5. The van der Waals surface area contributed by atoms with E-state index in [1.165, 1.54) is 0 Å². The molecular formula is C14H20BrNO4. The molecule has 2 unspecified atom stereocenters. The highest BCUT2D eigenvalue weighted by Crippen LogP contribution is 2.17. The van der Waals surface area contributed by atoms with Gasteiger partial charge in [0.2, 0.25) is 0 Å². The summed E-state index contributed by atoms with van der Waals surface area (Å²) in [6, 6.07) is 7.93. The lowest BCUT2D eigenvalue weighted by Crippen LogP contribution is -2.45. The van der Waals surface area contributed by atoms with E-state index in [4.69, 9.17) is 19.3 Å². The van der Waals surface area contributed by atoms with Crippen LogP contribution in [0.1, 0.15) is 0 Å². The summed E-state index contributed by atoms with van der Waals surface area (Å²) in [7, 11) is 0. The van der Waals surface area contributed by atoms with Crippen LogP contribution < -0.4 is 5.32 Å². The van der Waals surface area contributed by atoms with Crippen molar-refractivity contribution in [2.75, 3.05) is 45.0 Å². The van der Waals surface area contributed by atoms with Gasteiger partial charge in [-0.1, -0.05) is 15.9 Å². The van der Waals surface area contributed by atoms with Crippen molar-refractivity contribution in [3.8, 4) is 0 Å². The van der Waals surface area contributed by atoms with Gasteiger partial charge in [0.15, 0.2) is 0 Å². The molecule has 1 saturated heterocycles. The maximum Gasteiger partial charge on any atom is 0.103 e. The number of halogens is 1. The summed E-state index contributed by atoms with van der Waals surface area (Å²) in [5.74, 6) is 0. The summed E-state index contributed by atoms with van der Waals surface area (Å²) in [5.41, 5.74) is 1.000. The molecule has 2 atom stereocenters. The van der Waals surface area contributed by atoms with E-state index in [0.717, 1.165) is 10.2 Å². The van der Waals surface area contributed by atoms with Gasteiger partial charge in [-0.2, -0.15) is 0 Å². The highest BCUT2D eigenvalue weighted by molar-refractivity contribution is 9.10. The quantitative estimate of drug-likeness (QED) is 0.736. The van der Waals surface area contributed by atoms with Crippen LogP contribution in [0, 0.1) is 0 Å². The van der Waals surface area contributed by atoms with E-state index in [0.29, 0.717) is 33.0 Å². The molecule has 1 aromatic rings. The molecular weight excluding hydrogens is 326 g/mol. The van der Waals surface area contributed by atoms with E-state index in [2.05, 4.69) is 21.2 Å². The fourth-order valence-corrected chi connectivity index (χ4v) is 2.28. The molecule has 0 bridgehead atoms. The first-order valence-corrected chi connectivity index (χ1v) is 7.49. The third-order valence-electron chi connectivity index (χ3n) is 3.02. The first-order valence-electron chi connectivity index (χ1n) is 6.69. The highest BCUT2D eigenvalue weighted by Gasteiger charge is 2.25. The van der Waals surface area contributed by atoms with E-state index >= 15 is 0 Å². The second kappa shape index (κ2) is 8.59. The molecule has 1 fully saturated rings. The highest BCUT2D eigenvalue weighted by atomic mass is 79.9. The minimum atomic E-state index is -0.0499. The summed E-state index contributed by atoms with van der Waals surface area (Å²) < 4.78 is 17.6. The van der Waals surface area contributed by atoms with Gasteiger partial charge in [0.05, 0.1) is 45.7 Å². The Kier molecular flexibility index (Phi) is 6.75. The zero-order valence-electron chi connectivity index (χ0n) is 11.3. The monoisotopic (exact) mass is 345 g/mol. The second-order valence-corrected chi connectivity index (χ2v) is 5.46. The van der Waals surface area contributed by atoms with Crippen molar-refractivity contribution in [3.05, 3.63) is 28.7 Å². The van der Waals surface area contributed by atoms with Crippen LogP contribution in [0.4, 0.5) is 5.69 Å². The zero-order chi connectivity index (χ0) is 14.2. The number of anilines is 1. The molecule has 6 heteroatoms.